The smallest absolute Gasteiger partial charge is 0.123 e. The van der Waals surface area contributed by atoms with Gasteiger partial charge in [0.2, 0.25) is 0 Å². The monoisotopic (exact) mass is 425 g/mol. The van der Waals surface area contributed by atoms with Crippen molar-refractivity contribution in [2.24, 2.45) is 0 Å². The van der Waals surface area contributed by atoms with Crippen LogP contribution in [0.4, 0.5) is 0 Å². The molecule has 0 spiro atoms. The minimum absolute atomic E-state index is 1.30. The number of hydrogen-bond acceptors (Lipinski definition) is 1. The van der Waals surface area contributed by atoms with Crippen molar-refractivity contribution in [3.05, 3.63) is 71.8 Å². The van der Waals surface area contributed by atoms with Crippen LogP contribution >= 0.6 is 0 Å². The fraction of sp³-hybridized carbons (Fsp3) is 0.538. The SMILES string of the molecule is CCC[Si](CCC)(Cc1ccccc1)N[Si](CCC)(CCC)Cc1ccccc1. The Morgan fingerprint density at radius 1 is 0.517 bits per heavy atom. The van der Waals surface area contributed by atoms with Gasteiger partial charge < -0.3 is 4.65 Å². The largest absolute Gasteiger partial charge is 0.358 e. The summed E-state index contributed by atoms with van der Waals surface area (Å²) in [7, 11) is -3.18. The Bertz CT molecular complexity index is 600. The molecule has 0 saturated carbocycles. The molecule has 2 aromatic carbocycles. The molecule has 0 fully saturated rings. The van der Waals surface area contributed by atoms with Gasteiger partial charge in [-0.1, -0.05) is 114 Å². The van der Waals surface area contributed by atoms with Gasteiger partial charge in [-0.15, -0.1) is 0 Å². The molecule has 160 valence electrons. The standard InChI is InChI=1S/C26H43NSi2/c1-5-19-28(20-6-2,23-25-15-11-9-12-16-25)27-29(21-7-3,22-8-4)24-26-17-13-10-14-18-26/h9-18,27H,5-8,19-24H2,1-4H3. The molecule has 1 nitrogen and oxygen atoms in total. The van der Waals surface area contributed by atoms with Gasteiger partial charge in [0.05, 0.1) is 0 Å². The number of hydrogen-bond donors (Lipinski definition) is 1. The molecule has 0 bridgehead atoms. The van der Waals surface area contributed by atoms with Crippen LogP contribution in [0.2, 0.25) is 24.2 Å². The van der Waals surface area contributed by atoms with Crippen molar-refractivity contribution >= 4 is 16.5 Å². The van der Waals surface area contributed by atoms with Crippen LogP contribution in [-0.2, 0) is 12.1 Å². The lowest BCUT2D eigenvalue weighted by atomic mass is 10.2. The summed E-state index contributed by atoms with van der Waals surface area (Å²) in [4.78, 5) is 0. The molecule has 29 heavy (non-hydrogen) atoms. The Kier molecular flexibility index (Phi) is 10.4. The van der Waals surface area contributed by atoms with Gasteiger partial charge in [0, 0.05) is 0 Å². The van der Waals surface area contributed by atoms with Gasteiger partial charge in [-0.3, -0.25) is 0 Å². The van der Waals surface area contributed by atoms with Gasteiger partial charge >= 0.3 is 0 Å². The van der Waals surface area contributed by atoms with Crippen molar-refractivity contribution in [2.75, 3.05) is 0 Å². The first-order valence-corrected chi connectivity index (χ1v) is 17.2. The lowest BCUT2D eigenvalue weighted by molar-refractivity contribution is 0.880. The molecule has 0 aromatic heterocycles. The first kappa shape index (κ1) is 24.1. The molecular formula is C26H43NSi2. The van der Waals surface area contributed by atoms with Gasteiger partial charge in [0.1, 0.15) is 16.5 Å². The van der Waals surface area contributed by atoms with E-state index in [0.717, 1.165) is 0 Å². The predicted molar refractivity (Wildman–Crippen MR) is 135 cm³/mol. The fourth-order valence-corrected chi connectivity index (χ4v) is 19.7. The van der Waals surface area contributed by atoms with Crippen molar-refractivity contribution in [1.29, 1.82) is 0 Å². The van der Waals surface area contributed by atoms with Crippen molar-refractivity contribution < 1.29 is 0 Å². The molecule has 2 rings (SSSR count). The molecule has 0 aliphatic carbocycles. The van der Waals surface area contributed by atoms with Gasteiger partial charge in [0.25, 0.3) is 0 Å². The minimum atomic E-state index is -1.59. The van der Waals surface area contributed by atoms with E-state index in [9.17, 15) is 0 Å². The van der Waals surface area contributed by atoms with Crippen molar-refractivity contribution in [3.63, 3.8) is 0 Å². The molecule has 2 aromatic rings. The van der Waals surface area contributed by atoms with E-state index in [1.807, 2.05) is 0 Å². The number of rotatable bonds is 14. The van der Waals surface area contributed by atoms with Gasteiger partial charge in [-0.25, -0.2) is 0 Å². The first-order valence-electron chi connectivity index (χ1n) is 12.0. The molecule has 0 atom stereocenters. The third-order valence-electron chi connectivity index (χ3n) is 6.22. The van der Waals surface area contributed by atoms with E-state index >= 15 is 0 Å². The summed E-state index contributed by atoms with van der Waals surface area (Å²) in [6, 6.07) is 30.9. The lowest BCUT2D eigenvalue weighted by Crippen LogP contribution is -2.67. The van der Waals surface area contributed by atoms with Crippen LogP contribution in [0.25, 0.3) is 0 Å². The molecular weight excluding hydrogens is 382 g/mol. The van der Waals surface area contributed by atoms with E-state index in [-0.39, 0.29) is 0 Å². The number of nitrogens with one attached hydrogen (secondary N) is 1. The van der Waals surface area contributed by atoms with Crippen LogP contribution in [0.1, 0.15) is 64.5 Å². The van der Waals surface area contributed by atoms with E-state index < -0.39 is 16.5 Å². The second kappa shape index (κ2) is 12.5. The second-order valence-electron chi connectivity index (χ2n) is 9.01. The van der Waals surface area contributed by atoms with E-state index in [0.29, 0.717) is 0 Å². The van der Waals surface area contributed by atoms with Gasteiger partial charge in [-0.05, 0) is 47.4 Å². The molecule has 0 heterocycles. The average Bonchev–Trinajstić information content (AvgIpc) is 2.70. The highest BCUT2D eigenvalue weighted by atomic mass is 28.4. The van der Waals surface area contributed by atoms with E-state index in [1.54, 1.807) is 11.1 Å². The van der Waals surface area contributed by atoms with E-state index in [2.05, 4.69) is 93.0 Å². The highest BCUT2D eigenvalue weighted by Crippen LogP contribution is 2.30. The molecule has 1 N–H and O–H groups in total. The molecule has 0 aliphatic heterocycles. The van der Waals surface area contributed by atoms with Crippen LogP contribution < -0.4 is 4.65 Å². The highest BCUT2D eigenvalue weighted by Gasteiger charge is 2.41. The topological polar surface area (TPSA) is 12.0 Å². The molecule has 0 aliphatic rings. The molecule has 0 unspecified atom stereocenters. The Balaban J connectivity index is 2.40. The van der Waals surface area contributed by atoms with Crippen LogP contribution in [-0.4, -0.2) is 16.5 Å². The fourth-order valence-electron chi connectivity index (χ4n) is 5.39. The van der Waals surface area contributed by atoms with Crippen molar-refractivity contribution in [1.82, 2.24) is 4.65 Å². The molecule has 3 heteroatoms. The van der Waals surface area contributed by atoms with Crippen LogP contribution in [0.3, 0.4) is 0 Å². The summed E-state index contributed by atoms with van der Waals surface area (Å²) in [6.07, 6.45) is 5.22. The molecule has 0 radical (unpaired) electrons. The average molecular weight is 426 g/mol. The quantitative estimate of drug-likeness (QED) is 0.306. The minimum Gasteiger partial charge on any atom is -0.358 e. The first-order chi connectivity index (χ1) is 14.1. The summed E-state index contributed by atoms with van der Waals surface area (Å²) >= 11 is 0. The summed E-state index contributed by atoms with van der Waals surface area (Å²) in [5, 5.41) is 0. The van der Waals surface area contributed by atoms with Gasteiger partial charge in [0.15, 0.2) is 0 Å². The summed E-state index contributed by atoms with van der Waals surface area (Å²) in [6.45, 7) is 9.57. The van der Waals surface area contributed by atoms with E-state index in [4.69, 9.17) is 0 Å². The zero-order valence-electron chi connectivity index (χ0n) is 19.3. The maximum atomic E-state index is 4.66. The Labute approximate surface area is 182 Å². The summed E-state index contributed by atoms with van der Waals surface area (Å²) in [5.74, 6) is 0. The molecule has 0 saturated heterocycles. The third kappa shape index (κ3) is 7.54. The highest BCUT2D eigenvalue weighted by molar-refractivity contribution is 6.93. The number of benzene rings is 2. The molecule has 0 amide bonds. The maximum Gasteiger partial charge on any atom is 0.123 e. The lowest BCUT2D eigenvalue weighted by Gasteiger charge is -2.44. The predicted octanol–water partition coefficient (Wildman–Crippen LogP) is 7.67. The van der Waals surface area contributed by atoms with Crippen LogP contribution in [0.15, 0.2) is 60.7 Å². The van der Waals surface area contributed by atoms with E-state index in [1.165, 1.54) is 61.9 Å². The Morgan fingerprint density at radius 3 is 1.10 bits per heavy atom. The second-order valence-corrected chi connectivity index (χ2v) is 17.8. The third-order valence-corrected chi connectivity index (χ3v) is 18.5. The van der Waals surface area contributed by atoms with Gasteiger partial charge in [-0.2, -0.15) is 0 Å². The zero-order chi connectivity index (χ0) is 21.0. The Hall–Kier alpha value is -1.17. The van der Waals surface area contributed by atoms with Crippen molar-refractivity contribution in [2.45, 2.75) is 89.6 Å². The van der Waals surface area contributed by atoms with Crippen LogP contribution in [0.5, 0.6) is 0 Å². The van der Waals surface area contributed by atoms with Crippen LogP contribution in [0, 0.1) is 0 Å². The van der Waals surface area contributed by atoms with Crippen molar-refractivity contribution in [3.8, 4) is 0 Å². The maximum absolute atomic E-state index is 4.66. The summed E-state index contributed by atoms with van der Waals surface area (Å²) < 4.78 is 4.66. The summed E-state index contributed by atoms with van der Waals surface area (Å²) in [5.41, 5.74) is 3.09. The zero-order valence-corrected chi connectivity index (χ0v) is 21.3. The normalized spacial score (nSPS) is 12.3. The Morgan fingerprint density at radius 2 is 0.828 bits per heavy atom.